The lowest BCUT2D eigenvalue weighted by atomic mass is 9.88. The minimum Gasteiger partial charge on any atom is -0.324 e. The number of rotatable bonds is 3. The van der Waals surface area contributed by atoms with Gasteiger partial charge in [-0.15, -0.1) is 0 Å². The molecule has 0 amide bonds. The second-order valence-corrected chi connectivity index (χ2v) is 6.61. The first-order chi connectivity index (χ1) is 9.97. The molecule has 0 saturated carbocycles. The lowest BCUT2D eigenvalue weighted by Crippen LogP contribution is -2.43. The standard InChI is InChI=1S/C16H15BrN2O2/c17-14-6-5-13(15(7-14)19(20)21)10-16(18)8-11-3-1-2-4-12(11)9-16/h1-7H,8-10,18H2. The SMILES string of the molecule is NC1(Cc2ccc(Br)cc2[N+](=O)[O-])Cc2ccccc2C1. The fourth-order valence-electron chi connectivity index (χ4n) is 3.08. The molecule has 5 heteroatoms. The van der Waals surface area contributed by atoms with Crippen molar-refractivity contribution in [3.63, 3.8) is 0 Å². The van der Waals surface area contributed by atoms with E-state index in [-0.39, 0.29) is 10.6 Å². The maximum atomic E-state index is 11.2. The first kappa shape index (κ1) is 14.2. The molecule has 2 N–H and O–H groups in total. The van der Waals surface area contributed by atoms with E-state index >= 15 is 0 Å². The van der Waals surface area contributed by atoms with Gasteiger partial charge in [-0.05, 0) is 36.5 Å². The van der Waals surface area contributed by atoms with Crippen molar-refractivity contribution >= 4 is 21.6 Å². The lowest BCUT2D eigenvalue weighted by molar-refractivity contribution is -0.385. The molecule has 1 aliphatic rings. The van der Waals surface area contributed by atoms with E-state index in [1.807, 2.05) is 18.2 Å². The Hall–Kier alpha value is -1.72. The summed E-state index contributed by atoms with van der Waals surface area (Å²) in [5.74, 6) is 0. The predicted octanol–water partition coefficient (Wildman–Crippen LogP) is 3.40. The molecule has 0 bridgehead atoms. The molecule has 1 aliphatic carbocycles. The Morgan fingerprint density at radius 2 is 1.81 bits per heavy atom. The Bertz CT molecular complexity index is 690. The van der Waals surface area contributed by atoms with Gasteiger partial charge < -0.3 is 5.73 Å². The number of nitrogens with zero attached hydrogens (tertiary/aromatic N) is 1. The van der Waals surface area contributed by atoms with Gasteiger partial charge in [-0.1, -0.05) is 46.3 Å². The van der Waals surface area contributed by atoms with E-state index < -0.39 is 5.54 Å². The number of fused-ring (bicyclic) bond motifs is 1. The second kappa shape index (κ2) is 5.24. The average Bonchev–Trinajstić information content (AvgIpc) is 2.76. The summed E-state index contributed by atoms with van der Waals surface area (Å²) >= 11 is 3.28. The summed E-state index contributed by atoms with van der Waals surface area (Å²) in [7, 11) is 0. The Balaban J connectivity index is 1.90. The Morgan fingerprint density at radius 3 is 2.38 bits per heavy atom. The molecule has 108 valence electrons. The topological polar surface area (TPSA) is 69.2 Å². The summed E-state index contributed by atoms with van der Waals surface area (Å²) in [6.45, 7) is 0. The van der Waals surface area contributed by atoms with Crippen LogP contribution in [0.4, 0.5) is 5.69 Å². The Labute approximate surface area is 131 Å². The molecule has 2 aromatic rings. The van der Waals surface area contributed by atoms with Crippen molar-refractivity contribution in [3.05, 3.63) is 73.7 Å². The molecule has 0 fully saturated rings. The quantitative estimate of drug-likeness (QED) is 0.683. The van der Waals surface area contributed by atoms with Gasteiger partial charge >= 0.3 is 0 Å². The van der Waals surface area contributed by atoms with E-state index in [9.17, 15) is 10.1 Å². The van der Waals surface area contributed by atoms with Crippen molar-refractivity contribution in [2.75, 3.05) is 0 Å². The van der Waals surface area contributed by atoms with E-state index in [1.165, 1.54) is 11.1 Å². The summed E-state index contributed by atoms with van der Waals surface area (Å²) in [6, 6.07) is 13.3. The average molecular weight is 347 g/mol. The molecule has 0 aliphatic heterocycles. The van der Waals surface area contributed by atoms with Crippen LogP contribution in [-0.2, 0) is 19.3 Å². The summed E-state index contributed by atoms with van der Waals surface area (Å²) in [6.07, 6.45) is 2.03. The molecular formula is C16H15BrN2O2. The van der Waals surface area contributed by atoms with Crippen LogP contribution in [0.2, 0.25) is 0 Å². The third kappa shape index (κ3) is 2.84. The third-order valence-corrected chi connectivity index (χ3v) is 4.48. The maximum Gasteiger partial charge on any atom is 0.273 e. The predicted molar refractivity (Wildman–Crippen MR) is 85.3 cm³/mol. The van der Waals surface area contributed by atoms with Crippen LogP contribution in [0.1, 0.15) is 16.7 Å². The molecule has 0 unspecified atom stereocenters. The molecule has 21 heavy (non-hydrogen) atoms. The fourth-order valence-corrected chi connectivity index (χ4v) is 3.43. The van der Waals surface area contributed by atoms with Crippen molar-refractivity contribution < 1.29 is 4.92 Å². The third-order valence-electron chi connectivity index (χ3n) is 3.99. The van der Waals surface area contributed by atoms with Crippen LogP contribution in [0.25, 0.3) is 0 Å². The molecule has 0 atom stereocenters. The Morgan fingerprint density at radius 1 is 1.19 bits per heavy atom. The molecule has 2 aromatic carbocycles. The highest BCUT2D eigenvalue weighted by Crippen LogP contribution is 2.33. The number of benzene rings is 2. The van der Waals surface area contributed by atoms with Gasteiger partial charge in [0.25, 0.3) is 5.69 Å². The minimum atomic E-state index is -0.442. The van der Waals surface area contributed by atoms with E-state index in [1.54, 1.807) is 12.1 Å². The van der Waals surface area contributed by atoms with Gasteiger partial charge in [0.15, 0.2) is 0 Å². The Kier molecular flexibility index (Phi) is 3.55. The van der Waals surface area contributed by atoms with Crippen molar-refractivity contribution in [2.24, 2.45) is 5.73 Å². The number of nitro benzene ring substituents is 1. The van der Waals surface area contributed by atoms with Gasteiger partial charge in [-0.3, -0.25) is 10.1 Å². The van der Waals surface area contributed by atoms with E-state index in [0.717, 1.165) is 12.8 Å². The molecule has 4 nitrogen and oxygen atoms in total. The fraction of sp³-hybridized carbons (Fsp3) is 0.250. The molecule has 0 heterocycles. The summed E-state index contributed by atoms with van der Waals surface area (Å²) in [5.41, 5.74) is 9.39. The maximum absolute atomic E-state index is 11.2. The zero-order chi connectivity index (χ0) is 15.0. The van der Waals surface area contributed by atoms with Gasteiger partial charge in [0.1, 0.15) is 0 Å². The second-order valence-electron chi connectivity index (χ2n) is 5.69. The first-order valence-corrected chi connectivity index (χ1v) is 7.55. The van der Waals surface area contributed by atoms with Crippen molar-refractivity contribution in [1.29, 1.82) is 0 Å². The largest absolute Gasteiger partial charge is 0.324 e. The molecule has 3 rings (SSSR count). The van der Waals surface area contributed by atoms with Crippen LogP contribution >= 0.6 is 15.9 Å². The molecule has 0 aromatic heterocycles. The van der Waals surface area contributed by atoms with Crippen molar-refractivity contribution in [1.82, 2.24) is 0 Å². The number of nitro groups is 1. The van der Waals surface area contributed by atoms with Crippen LogP contribution in [0.15, 0.2) is 46.9 Å². The van der Waals surface area contributed by atoms with Crippen LogP contribution in [0.5, 0.6) is 0 Å². The van der Waals surface area contributed by atoms with Gasteiger partial charge in [0.05, 0.1) is 4.92 Å². The van der Waals surface area contributed by atoms with Gasteiger partial charge in [0.2, 0.25) is 0 Å². The number of hydrogen-bond acceptors (Lipinski definition) is 3. The zero-order valence-corrected chi connectivity index (χ0v) is 13.0. The van der Waals surface area contributed by atoms with Crippen LogP contribution < -0.4 is 5.73 Å². The van der Waals surface area contributed by atoms with Crippen LogP contribution in [-0.4, -0.2) is 10.5 Å². The van der Waals surface area contributed by atoms with E-state index in [4.69, 9.17) is 5.73 Å². The zero-order valence-electron chi connectivity index (χ0n) is 11.4. The monoisotopic (exact) mass is 346 g/mol. The van der Waals surface area contributed by atoms with E-state index in [0.29, 0.717) is 16.5 Å². The van der Waals surface area contributed by atoms with Gasteiger partial charge in [-0.25, -0.2) is 0 Å². The highest BCUT2D eigenvalue weighted by molar-refractivity contribution is 9.10. The molecular weight excluding hydrogens is 332 g/mol. The number of hydrogen-bond donors (Lipinski definition) is 1. The number of nitrogens with two attached hydrogens (primary N) is 1. The molecule has 0 saturated heterocycles. The summed E-state index contributed by atoms with van der Waals surface area (Å²) in [4.78, 5) is 10.9. The van der Waals surface area contributed by atoms with Crippen molar-refractivity contribution in [3.8, 4) is 0 Å². The lowest BCUT2D eigenvalue weighted by Gasteiger charge is -2.23. The molecule has 0 radical (unpaired) electrons. The smallest absolute Gasteiger partial charge is 0.273 e. The number of halogens is 1. The van der Waals surface area contributed by atoms with Crippen LogP contribution in [0, 0.1) is 10.1 Å². The minimum absolute atomic E-state index is 0.130. The van der Waals surface area contributed by atoms with Gasteiger partial charge in [-0.2, -0.15) is 0 Å². The van der Waals surface area contributed by atoms with Crippen LogP contribution in [0.3, 0.4) is 0 Å². The first-order valence-electron chi connectivity index (χ1n) is 6.75. The highest BCUT2D eigenvalue weighted by atomic mass is 79.9. The van der Waals surface area contributed by atoms with Gasteiger partial charge in [0, 0.05) is 21.6 Å². The van der Waals surface area contributed by atoms with E-state index in [2.05, 4.69) is 28.1 Å². The highest BCUT2D eigenvalue weighted by Gasteiger charge is 2.35. The van der Waals surface area contributed by atoms with Crippen molar-refractivity contribution in [2.45, 2.75) is 24.8 Å². The molecule has 0 spiro atoms. The summed E-state index contributed by atoms with van der Waals surface area (Å²) < 4.78 is 0.707. The summed E-state index contributed by atoms with van der Waals surface area (Å²) in [5, 5.41) is 11.2. The normalized spacial score (nSPS) is 15.7.